The Kier molecular flexibility index (Phi) is 4.30. The van der Waals surface area contributed by atoms with Gasteiger partial charge in [0.25, 0.3) is 5.91 Å². The average molecular weight is 439 g/mol. The van der Waals surface area contributed by atoms with Gasteiger partial charge < -0.3 is 9.64 Å². The summed E-state index contributed by atoms with van der Waals surface area (Å²) in [6.45, 7) is 4.92. The van der Waals surface area contributed by atoms with E-state index in [4.69, 9.17) is 17.0 Å². The zero-order valence-electron chi connectivity index (χ0n) is 18.2. The Morgan fingerprint density at radius 3 is 2.74 bits per heavy atom. The first kappa shape index (κ1) is 19.7. The van der Waals surface area contributed by atoms with Gasteiger partial charge in [0.15, 0.2) is 11.4 Å². The molecule has 1 amide bonds. The molecule has 0 radical (unpaired) electrons. The van der Waals surface area contributed by atoms with Crippen LogP contribution >= 0.6 is 12.2 Å². The summed E-state index contributed by atoms with van der Waals surface area (Å²) in [6.07, 6.45) is 6.83. The molecule has 1 saturated carbocycles. The van der Waals surface area contributed by atoms with E-state index in [2.05, 4.69) is 58.8 Å². The van der Waals surface area contributed by atoms with Crippen molar-refractivity contribution in [1.29, 1.82) is 0 Å². The Bertz CT molecular complexity index is 997. The van der Waals surface area contributed by atoms with Crippen LogP contribution in [0.1, 0.15) is 63.5 Å². The summed E-state index contributed by atoms with van der Waals surface area (Å²) in [4.78, 5) is 18.6. The van der Waals surface area contributed by atoms with Crippen LogP contribution in [0.3, 0.4) is 0 Å². The lowest BCUT2D eigenvalue weighted by Crippen LogP contribution is -2.64. The van der Waals surface area contributed by atoms with Crippen LogP contribution < -0.4 is 10.9 Å². The van der Waals surface area contributed by atoms with Crippen molar-refractivity contribution in [2.24, 2.45) is 5.41 Å². The van der Waals surface area contributed by atoms with Crippen LogP contribution in [0.25, 0.3) is 5.70 Å². The third-order valence-electron chi connectivity index (χ3n) is 7.92. The standard InChI is InChI=1S/C24H30N4O2S/c1-23(2)14-16(9-12-30-23)27-20(29)18-19(28-21(27)25-26-22(28)31)17-8-4-3-7-15(17)13-24(18)10-5-6-11-24/h3-4,7-8,16,21,25H,5-6,9-14H2,1-2H3,(H,26,31). The molecule has 1 spiro atoms. The second kappa shape index (κ2) is 6.77. The summed E-state index contributed by atoms with van der Waals surface area (Å²) in [6, 6.07) is 8.69. The molecule has 5 aliphatic rings. The molecule has 3 heterocycles. The van der Waals surface area contributed by atoms with Crippen molar-refractivity contribution in [3.05, 3.63) is 41.0 Å². The number of rotatable bonds is 1. The molecule has 2 unspecified atom stereocenters. The lowest BCUT2D eigenvalue weighted by molar-refractivity contribution is -0.147. The monoisotopic (exact) mass is 438 g/mol. The summed E-state index contributed by atoms with van der Waals surface area (Å²) in [5.41, 5.74) is 10.7. The number of hydrazine groups is 1. The molecule has 0 aromatic heterocycles. The number of nitrogens with one attached hydrogen (secondary N) is 2. The highest BCUT2D eigenvalue weighted by Gasteiger charge is 2.56. The number of ether oxygens (including phenoxy) is 1. The minimum Gasteiger partial charge on any atom is -0.375 e. The van der Waals surface area contributed by atoms with Gasteiger partial charge in [-0.2, -0.15) is 5.43 Å². The number of hydrogen-bond donors (Lipinski definition) is 2. The summed E-state index contributed by atoms with van der Waals surface area (Å²) in [5, 5.41) is 0.645. The Hall–Kier alpha value is -1.96. The molecule has 3 aliphatic heterocycles. The van der Waals surface area contributed by atoms with E-state index < -0.39 is 0 Å². The summed E-state index contributed by atoms with van der Waals surface area (Å²) >= 11 is 5.77. The predicted molar refractivity (Wildman–Crippen MR) is 122 cm³/mol. The maximum atomic E-state index is 14.4. The molecule has 3 fully saturated rings. The summed E-state index contributed by atoms with van der Waals surface area (Å²) in [7, 11) is 0. The number of carbonyl (C=O) groups is 1. The number of carbonyl (C=O) groups excluding carboxylic acids is 1. The Balaban J connectivity index is 1.55. The lowest BCUT2D eigenvalue weighted by atomic mass is 9.66. The fraction of sp³-hybridized carbons (Fsp3) is 0.583. The number of nitrogens with zero attached hydrogens (tertiary/aromatic N) is 2. The van der Waals surface area contributed by atoms with Crippen molar-refractivity contribution >= 4 is 28.9 Å². The van der Waals surface area contributed by atoms with Gasteiger partial charge in [-0.1, -0.05) is 37.1 Å². The average Bonchev–Trinajstić information content (AvgIpc) is 3.34. The molecule has 6 rings (SSSR count). The molecular formula is C24H30N4O2S. The van der Waals surface area contributed by atoms with E-state index in [-0.39, 0.29) is 29.3 Å². The predicted octanol–water partition coefficient (Wildman–Crippen LogP) is 3.29. The Morgan fingerprint density at radius 2 is 1.97 bits per heavy atom. The zero-order chi connectivity index (χ0) is 21.4. The molecule has 0 bridgehead atoms. The number of benzene rings is 1. The Morgan fingerprint density at radius 1 is 1.19 bits per heavy atom. The van der Waals surface area contributed by atoms with Gasteiger partial charge >= 0.3 is 0 Å². The van der Waals surface area contributed by atoms with E-state index >= 15 is 0 Å². The molecule has 1 aromatic rings. The van der Waals surface area contributed by atoms with Gasteiger partial charge in [-0.15, -0.1) is 0 Å². The van der Waals surface area contributed by atoms with Crippen LogP contribution in [-0.4, -0.2) is 45.4 Å². The summed E-state index contributed by atoms with van der Waals surface area (Å²) < 4.78 is 5.98. The van der Waals surface area contributed by atoms with Crippen LogP contribution in [0.5, 0.6) is 0 Å². The van der Waals surface area contributed by atoms with Gasteiger partial charge in [-0.3, -0.25) is 15.1 Å². The number of amides is 1. The zero-order valence-corrected chi connectivity index (χ0v) is 19.1. The highest BCUT2D eigenvalue weighted by Crippen LogP contribution is 2.56. The normalized spacial score (nSPS) is 30.9. The van der Waals surface area contributed by atoms with Crippen molar-refractivity contribution < 1.29 is 9.53 Å². The minimum atomic E-state index is -0.303. The van der Waals surface area contributed by atoms with Crippen LogP contribution in [0.2, 0.25) is 0 Å². The van der Waals surface area contributed by atoms with Gasteiger partial charge in [-0.05, 0) is 63.7 Å². The SMILES string of the molecule is CC1(C)CC(N2C(=O)C3=C(c4ccccc4CC34CCCC4)N3C(=S)NNC32)CCO1. The van der Waals surface area contributed by atoms with E-state index in [9.17, 15) is 4.79 Å². The molecule has 31 heavy (non-hydrogen) atoms. The lowest BCUT2D eigenvalue weighted by Gasteiger charge is -2.52. The van der Waals surface area contributed by atoms with Gasteiger partial charge in [0.1, 0.15) is 0 Å². The van der Waals surface area contributed by atoms with Crippen LogP contribution in [0.15, 0.2) is 29.8 Å². The number of fused-ring (bicyclic) bond motifs is 5. The maximum Gasteiger partial charge on any atom is 0.255 e. The molecule has 6 nitrogen and oxygen atoms in total. The molecule has 2 atom stereocenters. The van der Waals surface area contributed by atoms with Crippen molar-refractivity contribution in [3.8, 4) is 0 Å². The smallest absolute Gasteiger partial charge is 0.255 e. The van der Waals surface area contributed by atoms with Crippen LogP contribution in [0.4, 0.5) is 0 Å². The van der Waals surface area contributed by atoms with Gasteiger partial charge in [0.05, 0.1) is 11.3 Å². The van der Waals surface area contributed by atoms with Gasteiger partial charge in [0, 0.05) is 29.2 Å². The maximum absolute atomic E-state index is 14.4. The quantitative estimate of drug-likeness (QED) is 0.657. The van der Waals surface area contributed by atoms with E-state index in [0.717, 1.165) is 48.9 Å². The third kappa shape index (κ3) is 2.82. The first-order valence-corrected chi connectivity index (χ1v) is 12.0. The van der Waals surface area contributed by atoms with Crippen LogP contribution in [-0.2, 0) is 16.0 Å². The minimum absolute atomic E-state index is 0.0805. The van der Waals surface area contributed by atoms with E-state index in [1.165, 1.54) is 18.4 Å². The highest BCUT2D eigenvalue weighted by atomic mass is 32.1. The van der Waals surface area contributed by atoms with Crippen molar-refractivity contribution in [3.63, 3.8) is 0 Å². The van der Waals surface area contributed by atoms with E-state index in [1.807, 2.05) is 0 Å². The van der Waals surface area contributed by atoms with Gasteiger partial charge in [-0.25, -0.2) is 0 Å². The second-order valence-corrected chi connectivity index (χ2v) is 10.7. The first-order chi connectivity index (χ1) is 14.9. The van der Waals surface area contributed by atoms with Gasteiger partial charge in [0.2, 0.25) is 0 Å². The highest BCUT2D eigenvalue weighted by molar-refractivity contribution is 7.80. The number of thiocarbonyl (C=S) groups is 1. The number of hydrogen-bond acceptors (Lipinski definition) is 4. The van der Waals surface area contributed by atoms with Crippen molar-refractivity contribution in [2.45, 2.75) is 76.7 Å². The first-order valence-electron chi connectivity index (χ1n) is 11.5. The molecule has 2 saturated heterocycles. The fourth-order valence-corrected chi connectivity index (χ4v) is 6.87. The fourth-order valence-electron chi connectivity index (χ4n) is 6.62. The molecule has 7 heteroatoms. The van der Waals surface area contributed by atoms with E-state index in [0.29, 0.717) is 11.7 Å². The van der Waals surface area contributed by atoms with Crippen LogP contribution in [0, 0.1) is 5.41 Å². The Labute approximate surface area is 189 Å². The molecule has 164 valence electrons. The summed E-state index contributed by atoms with van der Waals surface area (Å²) in [5.74, 6) is 0.189. The van der Waals surface area contributed by atoms with Crippen molar-refractivity contribution in [2.75, 3.05) is 6.61 Å². The van der Waals surface area contributed by atoms with E-state index in [1.54, 1.807) is 0 Å². The molecule has 1 aromatic carbocycles. The van der Waals surface area contributed by atoms with Crippen molar-refractivity contribution in [1.82, 2.24) is 20.7 Å². The largest absolute Gasteiger partial charge is 0.375 e. The molecule has 2 aliphatic carbocycles. The third-order valence-corrected chi connectivity index (χ3v) is 8.22. The molecular weight excluding hydrogens is 408 g/mol. The topological polar surface area (TPSA) is 56.8 Å². The molecule has 2 N–H and O–H groups in total. The second-order valence-electron chi connectivity index (χ2n) is 10.3.